The van der Waals surface area contributed by atoms with Gasteiger partial charge in [0, 0.05) is 5.70 Å². The molecule has 0 aromatic heterocycles. The first kappa shape index (κ1) is 13.8. The molecule has 0 heterocycles. The van der Waals surface area contributed by atoms with Crippen molar-refractivity contribution in [3.8, 4) is 0 Å². The molecule has 1 rings (SSSR count). The van der Waals surface area contributed by atoms with E-state index in [1.807, 2.05) is 26.8 Å². The Hall–Kier alpha value is -1.29. The summed E-state index contributed by atoms with van der Waals surface area (Å²) < 4.78 is 0. The first-order valence-corrected chi connectivity index (χ1v) is 6.05. The summed E-state index contributed by atoms with van der Waals surface area (Å²) in [6.07, 6.45) is 4.59. The molecule has 4 heteroatoms. The second-order valence-corrected chi connectivity index (χ2v) is 4.91. The molecule has 0 radical (unpaired) electrons. The van der Waals surface area contributed by atoms with Gasteiger partial charge in [-0.15, -0.1) is 0 Å². The first-order valence-electron chi connectivity index (χ1n) is 6.05. The number of amides is 1. The largest absolute Gasteiger partial charge is 0.401 e. The number of carbonyl (C=O) groups excluding carboxylic acids is 1. The van der Waals surface area contributed by atoms with Crippen LogP contribution in [0.2, 0.25) is 0 Å². The second kappa shape index (κ2) is 5.87. The standard InChI is InChI=1S/C13H22N2O2/c1-8(2)11(7-16)15-13(17)10-6-4-5-9(3)12(10)14/h4,6,8-9,11,16H,5,7,14H2,1-3H3,(H,15,17). The molecule has 2 atom stereocenters. The quantitative estimate of drug-likeness (QED) is 0.682. The molecule has 17 heavy (non-hydrogen) atoms. The van der Waals surface area contributed by atoms with E-state index in [1.165, 1.54) is 0 Å². The highest BCUT2D eigenvalue weighted by molar-refractivity contribution is 5.97. The maximum atomic E-state index is 12.0. The fourth-order valence-corrected chi connectivity index (χ4v) is 1.75. The summed E-state index contributed by atoms with van der Waals surface area (Å²) in [5, 5.41) is 12.0. The van der Waals surface area contributed by atoms with Gasteiger partial charge in [0.05, 0.1) is 18.2 Å². The summed E-state index contributed by atoms with van der Waals surface area (Å²) >= 11 is 0. The SMILES string of the molecule is CC1CC=CC(C(=O)NC(CO)C(C)C)=C1N. The van der Waals surface area contributed by atoms with Crippen LogP contribution in [0.15, 0.2) is 23.4 Å². The van der Waals surface area contributed by atoms with Gasteiger partial charge >= 0.3 is 0 Å². The number of nitrogens with one attached hydrogen (secondary N) is 1. The van der Waals surface area contributed by atoms with Crippen LogP contribution in [0.5, 0.6) is 0 Å². The number of hydrogen-bond acceptors (Lipinski definition) is 3. The van der Waals surface area contributed by atoms with Crippen molar-refractivity contribution in [3.05, 3.63) is 23.4 Å². The van der Waals surface area contributed by atoms with Crippen molar-refractivity contribution in [2.24, 2.45) is 17.6 Å². The Kier molecular flexibility index (Phi) is 4.75. The Morgan fingerprint density at radius 2 is 2.29 bits per heavy atom. The van der Waals surface area contributed by atoms with Crippen LogP contribution in [0, 0.1) is 11.8 Å². The summed E-state index contributed by atoms with van der Waals surface area (Å²) in [5.41, 5.74) is 7.08. The van der Waals surface area contributed by atoms with E-state index in [9.17, 15) is 9.90 Å². The molecule has 0 aromatic carbocycles. The highest BCUT2D eigenvalue weighted by Crippen LogP contribution is 2.21. The number of rotatable bonds is 4. The zero-order valence-corrected chi connectivity index (χ0v) is 10.7. The number of aliphatic hydroxyl groups excluding tert-OH is 1. The fraction of sp³-hybridized carbons (Fsp3) is 0.615. The minimum Gasteiger partial charge on any atom is -0.401 e. The van der Waals surface area contributed by atoms with Crippen molar-refractivity contribution in [1.29, 1.82) is 0 Å². The van der Waals surface area contributed by atoms with Crippen LogP contribution >= 0.6 is 0 Å². The van der Waals surface area contributed by atoms with Crippen LogP contribution in [0.25, 0.3) is 0 Å². The summed E-state index contributed by atoms with van der Waals surface area (Å²) in [6, 6.07) is -0.228. The van der Waals surface area contributed by atoms with E-state index in [0.29, 0.717) is 11.3 Å². The molecular formula is C13H22N2O2. The van der Waals surface area contributed by atoms with Crippen LogP contribution < -0.4 is 11.1 Å². The van der Waals surface area contributed by atoms with Gasteiger partial charge in [-0.3, -0.25) is 4.79 Å². The number of hydrogen-bond donors (Lipinski definition) is 3. The predicted octanol–water partition coefficient (Wildman–Crippen LogP) is 0.928. The molecule has 1 aliphatic rings. The van der Waals surface area contributed by atoms with Gasteiger partial charge in [0.25, 0.3) is 5.91 Å². The molecule has 0 bridgehead atoms. The van der Waals surface area contributed by atoms with Crippen LogP contribution in [-0.4, -0.2) is 23.7 Å². The van der Waals surface area contributed by atoms with E-state index in [4.69, 9.17) is 5.73 Å². The van der Waals surface area contributed by atoms with Crippen LogP contribution in [0.1, 0.15) is 27.2 Å². The topological polar surface area (TPSA) is 75.3 Å². The van der Waals surface area contributed by atoms with Crippen molar-refractivity contribution in [2.75, 3.05) is 6.61 Å². The van der Waals surface area contributed by atoms with Gasteiger partial charge in [0.15, 0.2) is 0 Å². The van der Waals surface area contributed by atoms with E-state index in [0.717, 1.165) is 6.42 Å². The summed E-state index contributed by atoms with van der Waals surface area (Å²) in [7, 11) is 0. The molecule has 0 aliphatic heterocycles. The molecule has 0 aromatic rings. The van der Waals surface area contributed by atoms with Crippen LogP contribution in [0.3, 0.4) is 0 Å². The second-order valence-electron chi connectivity index (χ2n) is 4.91. The fourth-order valence-electron chi connectivity index (χ4n) is 1.75. The normalized spacial score (nSPS) is 21.8. The Morgan fingerprint density at radius 1 is 1.65 bits per heavy atom. The average Bonchev–Trinajstić information content (AvgIpc) is 2.28. The molecule has 4 N–H and O–H groups in total. The van der Waals surface area contributed by atoms with E-state index in [-0.39, 0.29) is 30.4 Å². The third kappa shape index (κ3) is 3.33. The Bertz CT molecular complexity index is 345. The van der Waals surface area contributed by atoms with Gasteiger partial charge in [-0.2, -0.15) is 0 Å². The molecule has 0 saturated heterocycles. The van der Waals surface area contributed by atoms with Gasteiger partial charge in [-0.25, -0.2) is 0 Å². The molecule has 1 aliphatic carbocycles. The van der Waals surface area contributed by atoms with Gasteiger partial charge < -0.3 is 16.2 Å². The highest BCUT2D eigenvalue weighted by atomic mass is 16.3. The number of carbonyl (C=O) groups is 1. The molecule has 0 spiro atoms. The van der Waals surface area contributed by atoms with Crippen molar-refractivity contribution in [2.45, 2.75) is 33.2 Å². The average molecular weight is 238 g/mol. The minimum atomic E-state index is -0.228. The Morgan fingerprint density at radius 3 is 2.82 bits per heavy atom. The third-order valence-electron chi connectivity index (χ3n) is 3.18. The Labute approximate surface area is 103 Å². The first-order chi connectivity index (χ1) is 7.97. The molecule has 4 nitrogen and oxygen atoms in total. The highest BCUT2D eigenvalue weighted by Gasteiger charge is 2.21. The van der Waals surface area contributed by atoms with Gasteiger partial charge in [0.1, 0.15) is 0 Å². The maximum Gasteiger partial charge on any atom is 0.253 e. The van der Waals surface area contributed by atoms with Crippen molar-refractivity contribution < 1.29 is 9.90 Å². The lowest BCUT2D eigenvalue weighted by Gasteiger charge is -2.23. The lowest BCUT2D eigenvalue weighted by atomic mass is 9.93. The summed E-state index contributed by atoms with van der Waals surface area (Å²) in [5.74, 6) is 0.196. The van der Waals surface area contributed by atoms with Gasteiger partial charge in [-0.1, -0.05) is 32.9 Å². The minimum absolute atomic E-state index is 0.0597. The van der Waals surface area contributed by atoms with Crippen LogP contribution in [-0.2, 0) is 4.79 Å². The number of aliphatic hydroxyl groups is 1. The zero-order valence-electron chi connectivity index (χ0n) is 10.7. The predicted molar refractivity (Wildman–Crippen MR) is 68.0 cm³/mol. The molecule has 96 valence electrons. The maximum absolute atomic E-state index is 12.0. The number of nitrogens with two attached hydrogens (primary N) is 1. The lowest BCUT2D eigenvalue weighted by molar-refractivity contribution is -0.118. The lowest BCUT2D eigenvalue weighted by Crippen LogP contribution is -2.42. The van der Waals surface area contributed by atoms with Crippen molar-refractivity contribution in [1.82, 2.24) is 5.32 Å². The van der Waals surface area contributed by atoms with E-state index in [2.05, 4.69) is 5.32 Å². The van der Waals surface area contributed by atoms with Crippen molar-refractivity contribution >= 4 is 5.91 Å². The van der Waals surface area contributed by atoms with Crippen LogP contribution in [0.4, 0.5) is 0 Å². The smallest absolute Gasteiger partial charge is 0.253 e. The monoisotopic (exact) mass is 238 g/mol. The molecule has 0 saturated carbocycles. The summed E-state index contributed by atoms with van der Waals surface area (Å²) in [6.45, 7) is 5.85. The molecular weight excluding hydrogens is 216 g/mol. The van der Waals surface area contributed by atoms with E-state index < -0.39 is 0 Å². The Balaban J connectivity index is 2.77. The van der Waals surface area contributed by atoms with Gasteiger partial charge in [0.2, 0.25) is 0 Å². The summed E-state index contributed by atoms with van der Waals surface area (Å²) in [4.78, 5) is 12.0. The third-order valence-corrected chi connectivity index (χ3v) is 3.18. The van der Waals surface area contributed by atoms with Gasteiger partial charge in [-0.05, 0) is 18.3 Å². The molecule has 2 unspecified atom stereocenters. The van der Waals surface area contributed by atoms with E-state index in [1.54, 1.807) is 6.08 Å². The number of allylic oxidation sites excluding steroid dienone is 2. The van der Waals surface area contributed by atoms with Crippen molar-refractivity contribution in [3.63, 3.8) is 0 Å². The molecule has 1 amide bonds. The van der Waals surface area contributed by atoms with E-state index >= 15 is 0 Å². The zero-order chi connectivity index (χ0) is 13.0. The molecule has 0 fully saturated rings.